The highest BCUT2D eigenvalue weighted by Gasteiger charge is 2.35. The minimum Gasteiger partial charge on any atom is -0.385 e. The predicted octanol–water partition coefficient (Wildman–Crippen LogP) is 1.55. The van der Waals surface area contributed by atoms with Gasteiger partial charge in [-0.05, 0) is 18.9 Å². The average Bonchev–Trinajstić information content (AvgIpc) is 2.23. The molecule has 0 aromatic carbocycles. The van der Waals surface area contributed by atoms with E-state index in [-0.39, 0.29) is 11.3 Å². The Hall–Kier alpha value is -1.29. The summed E-state index contributed by atoms with van der Waals surface area (Å²) >= 11 is 0. The smallest absolute Gasteiger partial charge is 0.147 e. The normalized spacial score (nSPS) is 20.3. The number of aromatic nitrogens is 1. The van der Waals surface area contributed by atoms with Crippen molar-refractivity contribution in [2.45, 2.75) is 31.3 Å². The van der Waals surface area contributed by atoms with Crippen LogP contribution in [0.2, 0.25) is 0 Å². The Morgan fingerprint density at radius 3 is 2.67 bits per heavy atom. The van der Waals surface area contributed by atoms with Crippen LogP contribution in [0.15, 0.2) is 18.5 Å². The summed E-state index contributed by atoms with van der Waals surface area (Å²) in [5.41, 5.74) is -0.939. The topological polar surface area (TPSA) is 50.2 Å². The zero-order valence-electron chi connectivity index (χ0n) is 8.24. The van der Waals surface area contributed by atoms with Crippen LogP contribution in [0.4, 0.5) is 4.39 Å². The Kier molecular flexibility index (Phi) is 2.52. The first-order valence-electron chi connectivity index (χ1n) is 4.96. The van der Waals surface area contributed by atoms with E-state index >= 15 is 0 Å². The van der Waals surface area contributed by atoms with Gasteiger partial charge in [0.1, 0.15) is 11.6 Å². The van der Waals surface area contributed by atoms with E-state index in [1.165, 1.54) is 12.3 Å². The third-order valence-corrected chi connectivity index (χ3v) is 2.91. The quantitative estimate of drug-likeness (QED) is 0.763. The Morgan fingerprint density at radius 1 is 1.40 bits per heavy atom. The third-order valence-electron chi connectivity index (χ3n) is 2.91. The number of hydrogen-bond donors (Lipinski definition) is 1. The summed E-state index contributed by atoms with van der Waals surface area (Å²) in [6.07, 6.45) is 3.77. The van der Waals surface area contributed by atoms with Crippen LogP contribution >= 0.6 is 0 Å². The molecule has 0 saturated heterocycles. The molecule has 15 heavy (non-hydrogen) atoms. The van der Waals surface area contributed by atoms with Crippen molar-refractivity contribution in [3.05, 3.63) is 29.8 Å². The van der Waals surface area contributed by atoms with Gasteiger partial charge in [-0.2, -0.15) is 0 Å². The zero-order chi connectivity index (χ0) is 10.9. The summed E-state index contributed by atoms with van der Waals surface area (Å²) in [5.74, 6) is -0.372. The zero-order valence-corrected chi connectivity index (χ0v) is 8.24. The molecule has 0 spiro atoms. The van der Waals surface area contributed by atoms with Gasteiger partial charge in [-0.15, -0.1) is 0 Å². The van der Waals surface area contributed by atoms with Crippen molar-refractivity contribution in [3.63, 3.8) is 0 Å². The van der Waals surface area contributed by atoms with E-state index in [9.17, 15) is 14.3 Å². The van der Waals surface area contributed by atoms with Crippen LogP contribution in [0.5, 0.6) is 0 Å². The summed E-state index contributed by atoms with van der Waals surface area (Å²) in [6.45, 7) is 0. The highest BCUT2D eigenvalue weighted by molar-refractivity contribution is 5.79. The van der Waals surface area contributed by atoms with E-state index in [1.807, 2.05) is 0 Å². The second-order valence-corrected chi connectivity index (χ2v) is 3.93. The van der Waals surface area contributed by atoms with Gasteiger partial charge in [-0.1, -0.05) is 0 Å². The minimum absolute atomic E-state index is 0.133. The standard InChI is InChI=1S/C11H12FNO2/c12-10-7-13-6-3-9(10)11(15)4-1-8(14)2-5-11/h3,6-7,15H,1-2,4-5H2. The van der Waals surface area contributed by atoms with Crippen molar-refractivity contribution in [2.24, 2.45) is 0 Å². The predicted molar refractivity (Wildman–Crippen MR) is 51.6 cm³/mol. The molecule has 2 rings (SSSR count). The van der Waals surface area contributed by atoms with Crippen LogP contribution < -0.4 is 0 Å². The van der Waals surface area contributed by atoms with Gasteiger partial charge in [0.2, 0.25) is 0 Å². The molecule has 1 aliphatic rings. The lowest BCUT2D eigenvalue weighted by Gasteiger charge is -2.31. The number of carbonyl (C=O) groups excluding carboxylic acids is 1. The first-order chi connectivity index (χ1) is 7.12. The van der Waals surface area contributed by atoms with Gasteiger partial charge in [0.15, 0.2) is 0 Å². The SMILES string of the molecule is O=C1CCC(O)(c2ccncc2F)CC1. The number of Topliss-reactive ketones (excluding diaryl/α,β-unsaturated/α-hetero) is 1. The lowest BCUT2D eigenvalue weighted by atomic mass is 9.79. The van der Waals surface area contributed by atoms with Gasteiger partial charge in [0, 0.05) is 24.6 Å². The average molecular weight is 209 g/mol. The second-order valence-electron chi connectivity index (χ2n) is 3.93. The molecule has 4 heteroatoms. The van der Waals surface area contributed by atoms with Crippen molar-refractivity contribution in [1.82, 2.24) is 4.98 Å². The number of halogens is 1. The first kappa shape index (κ1) is 10.2. The summed E-state index contributed by atoms with van der Waals surface area (Å²) in [5, 5.41) is 10.2. The monoisotopic (exact) mass is 209 g/mol. The number of aliphatic hydroxyl groups is 1. The fraction of sp³-hybridized carbons (Fsp3) is 0.455. The summed E-state index contributed by atoms with van der Waals surface area (Å²) in [6, 6.07) is 1.48. The molecular weight excluding hydrogens is 197 g/mol. The molecule has 1 heterocycles. The Balaban J connectivity index is 2.30. The van der Waals surface area contributed by atoms with Crippen molar-refractivity contribution < 1.29 is 14.3 Å². The lowest BCUT2D eigenvalue weighted by molar-refractivity contribution is -0.125. The molecule has 1 aromatic heterocycles. The fourth-order valence-corrected chi connectivity index (χ4v) is 1.96. The van der Waals surface area contributed by atoms with Crippen molar-refractivity contribution in [3.8, 4) is 0 Å². The molecule has 1 aliphatic carbocycles. The van der Waals surface area contributed by atoms with Crippen LogP contribution in [-0.2, 0) is 10.4 Å². The van der Waals surface area contributed by atoms with Gasteiger partial charge in [-0.3, -0.25) is 9.78 Å². The minimum atomic E-state index is -1.19. The first-order valence-corrected chi connectivity index (χ1v) is 4.96. The van der Waals surface area contributed by atoms with Crippen LogP contribution in [0.1, 0.15) is 31.2 Å². The molecule has 0 unspecified atom stereocenters. The largest absolute Gasteiger partial charge is 0.385 e. The molecule has 0 bridgehead atoms. The van der Waals surface area contributed by atoms with Gasteiger partial charge in [-0.25, -0.2) is 4.39 Å². The van der Waals surface area contributed by atoms with Gasteiger partial charge in [0.25, 0.3) is 0 Å². The lowest BCUT2D eigenvalue weighted by Crippen LogP contribution is -2.32. The fourth-order valence-electron chi connectivity index (χ4n) is 1.96. The molecule has 3 nitrogen and oxygen atoms in total. The van der Waals surface area contributed by atoms with Crippen LogP contribution in [0.3, 0.4) is 0 Å². The maximum Gasteiger partial charge on any atom is 0.147 e. The van der Waals surface area contributed by atoms with E-state index in [1.54, 1.807) is 0 Å². The molecule has 1 aromatic rings. The number of nitrogens with zero attached hydrogens (tertiary/aromatic N) is 1. The maximum atomic E-state index is 13.4. The molecule has 0 radical (unpaired) electrons. The maximum absolute atomic E-state index is 13.4. The number of ketones is 1. The Morgan fingerprint density at radius 2 is 2.07 bits per heavy atom. The van der Waals surface area contributed by atoms with E-state index in [0.29, 0.717) is 25.7 Å². The Bertz CT molecular complexity index is 382. The van der Waals surface area contributed by atoms with Crippen LogP contribution in [0.25, 0.3) is 0 Å². The van der Waals surface area contributed by atoms with E-state index in [2.05, 4.69) is 4.98 Å². The number of hydrogen-bond acceptors (Lipinski definition) is 3. The van der Waals surface area contributed by atoms with Crippen molar-refractivity contribution in [1.29, 1.82) is 0 Å². The van der Waals surface area contributed by atoms with Gasteiger partial charge >= 0.3 is 0 Å². The summed E-state index contributed by atoms with van der Waals surface area (Å²) < 4.78 is 13.4. The van der Waals surface area contributed by atoms with Crippen LogP contribution in [-0.4, -0.2) is 15.9 Å². The van der Waals surface area contributed by atoms with E-state index in [4.69, 9.17) is 0 Å². The highest BCUT2D eigenvalue weighted by atomic mass is 19.1. The number of pyridine rings is 1. The summed E-state index contributed by atoms with van der Waals surface area (Å²) in [7, 11) is 0. The van der Waals surface area contributed by atoms with Crippen LogP contribution in [0, 0.1) is 5.82 Å². The van der Waals surface area contributed by atoms with E-state index in [0.717, 1.165) is 6.20 Å². The molecule has 80 valence electrons. The molecule has 1 fully saturated rings. The second kappa shape index (κ2) is 3.70. The van der Waals surface area contributed by atoms with Gasteiger partial charge < -0.3 is 5.11 Å². The van der Waals surface area contributed by atoms with E-state index < -0.39 is 11.4 Å². The highest BCUT2D eigenvalue weighted by Crippen LogP contribution is 2.36. The number of carbonyl (C=O) groups is 1. The Labute approximate surface area is 87.0 Å². The van der Waals surface area contributed by atoms with Gasteiger partial charge in [0.05, 0.1) is 11.8 Å². The summed E-state index contributed by atoms with van der Waals surface area (Å²) in [4.78, 5) is 14.7. The molecule has 0 amide bonds. The third kappa shape index (κ3) is 1.90. The number of rotatable bonds is 1. The molecule has 0 atom stereocenters. The van der Waals surface area contributed by atoms with Crippen molar-refractivity contribution >= 4 is 5.78 Å². The molecular formula is C11H12FNO2. The molecule has 0 aliphatic heterocycles. The molecule has 1 saturated carbocycles. The van der Waals surface area contributed by atoms with Crippen molar-refractivity contribution in [2.75, 3.05) is 0 Å². The molecule has 1 N–H and O–H groups in total.